The van der Waals surface area contributed by atoms with Crippen LogP contribution in [0.15, 0.2) is 18.3 Å². The second kappa shape index (κ2) is 5.79. The molecule has 0 radical (unpaired) electrons. The third-order valence-electron chi connectivity index (χ3n) is 2.95. The van der Waals surface area contributed by atoms with E-state index in [1.807, 2.05) is 6.92 Å². The maximum Gasteiger partial charge on any atom is 0.356 e. The lowest BCUT2D eigenvalue weighted by atomic mass is 10.2. The highest BCUT2D eigenvalue weighted by Crippen LogP contribution is 2.20. The van der Waals surface area contributed by atoms with Gasteiger partial charge in [-0.2, -0.15) is 0 Å². The molecule has 0 saturated carbocycles. The number of esters is 1. The number of methoxy groups -OCH3 is 1. The number of ether oxygens (including phenoxy) is 2. The van der Waals surface area contributed by atoms with Crippen molar-refractivity contribution in [2.75, 3.05) is 12.4 Å². The largest absolute Gasteiger partial charge is 0.464 e. The Balaban J connectivity index is 2.03. The summed E-state index contributed by atoms with van der Waals surface area (Å²) in [5, 5.41) is 2.71. The summed E-state index contributed by atoms with van der Waals surface area (Å²) < 4.78 is 10.0. The average Bonchev–Trinajstić information content (AvgIpc) is 2.85. The van der Waals surface area contributed by atoms with Gasteiger partial charge in [-0.25, -0.2) is 9.78 Å². The highest BCUT2D eigenvalue weighted by atomic mass is 16.5. The van der Waals surface area contributed by atoms with E-state index in [2.05, 4.69) is 15.0 Å². The van der Waals surface area contributed by atoms with Crippen molar-refractivity contribution in [2.45, 2.75) is 32.0 Å². The Kier molecular flexibility index (Phi) is 4.11. The number of nitrogens with zero attached hydrogens (tertiary/aromatic N) is 1. The van der Waals surface area contributed by atoms with Crippen LogP contribution in [0.1, 0.15) is 30.3 Å². The highest BCUT2D eigenvalue weighted by Gasteiger charge is 2.28. The summed E-state index contributed by atoms with van der Waals surface area (Å²) in [5.74, 6) is -0.742. The van der Waals surface area contributed by atoms with Crippen LogP contribution < -0.4 is 5.32 Å². The van der Waals surface area contributed by atoms with Crippen molar-refractivity contribution in [2.24, 2.45) is 0 Å². The lowest BCUT2D eigenvalue weighted by Gasteiger charge is -2.11. The van der Waals surface area contributed by atoms with Crippen LogP contribution in [0, 0.1) is 0 Å². The van der Waals surface area contributed by atoms with Gasteiger partial charge in [0.25, 0.3) is 5.91 Å². The SMILES string of the molecule is COC(=O)c1cc(NC(=O)C2CCC(C)O2)ccn1. The fourth-order valence-electron chi connectivity index (χ4n) is 1.94. The molecule has 1 fully saturated rings. The van der Waals surface area contributed by atoms with Crippen LogP contribution in [0.3, 0.4) is 0 Å². The van der Waals surface area contributed by atoms with E-state index >= 15 is 0 Å². The van der Waals surface area contributed by atoms with Crippen molar-refractivity contribution in [1.82, 2.24) is 4.98 Å². The van der Waals surface area contributed by atoms with Crippen molar-refractivity contribution in [3.63, 3.8) is 0 Å². The quantitative estimate of drug-likeness (QED) is 0.834. The molecular formula is C13H16N2O4. The molecule has 102 valence electrons. The van der Waals surface area contributed by atoms with Gasteiger partial charge < -0.3 is 14.8 Å². The summed E-state index contributed by atoms with van der Waals surface area (Å²) in [7, 11) is 1.28. The van der Waals surface area contributed by atoms with Crippen molar-refractivity contribution < 1.29 is 19.1 Å². The zero-order valence-electron chi connectivity index (χ0n) is 10.9. The summed E-state index contributed by atoms with van der Waals surface area (Å²) >= 11 is 0. The number of aromatic nitrogens is 1. The minimum Gasteiger partial charge on any atom is -0.464 e. The van der Waals surface area contributed by atoms with Crippen LogP contribution in [0.25, 0.3) is 0 Å². The molecule has 6 heteroatoms. The molecule has 0 aromatic carbocycles. The summed E-state index contributed by atoms with van der Waals surface area (Å²) in [6.07, 6.45) is 2.72. The Labute approximate surface area is 111 Å². The zero-order chi connectivity index (χ0) is 13.8. The summed E-state index contributed by atoms with van der Waals surface area (Å²) in [5.41, 5.74) is 0.657. The van der Waals surface area contributed by atoms with Gasteiger partial charge in [0.2, 0.25) is 0 Å². The lowest BCUT2D eigenvalue weighted by Crippen LogP contribution is -2.27. The number of anilines is 1. The molecule has 1 aliphatic rings. The van der Waals surface area contributed by atoms with Gasteiger partial charge in [0.05, 0.1) is 13.2 Å². The van der Waals surface area contributed by atoms with Gasteiger partial charge in [-0.3, -0.25) is 4.79 Å². The highest BCUT2D eigenvalue weighted by molar-refractivity contribution is 5.95. The Morgan fingerprint density at radius 3 is 2.89 bits per heavy atom. The first-order valence-corrected chi connectivity index (χ1v) is 6.11. The second-order valence-electron chi connectivity index (χ2n) is 4.42. The van der Waals surface area contributed by atoms with Gasteiger partial charge in [0, 0.05) is 11.9 Å². The number of hydrogen-bond donors (Lipinski definition) is 1. The fourth-order valence-corrected chi connectivity index (χ4v) is 1.94. The third kappa shape index (κ3) is 3.29. The number of nitrogens with one attached hydrogen (secondary N) is 1. The standard InChI is InChI=1S/C13H16N2O4/c1-8-3-4-11(19-8)12(16)15-9-5-6-14-10(7-9)13(17)18-2/h5-8,11H,3-4H2,1-2H3,(H,14,15,16). The first kappa shape index (κ1) is 13.5. The van der Waals surface area contributed by atoms with Crippen LogP contribution in [0.5, 0.6) is 0 Å². The Morgan fingerprint density at radius 2 is 2.26 bits per heavy atom. The zero-order valence-corrected chi connectivity index (χ0v) is 10.9. The van der Waals surface area contributed by atoms with Gasteiger partial charge in [-0.05, 0) is 31.9 Å². The number of carbonyl (C=O) groups is 2. The van der Waals surface area contributed by atoms with E-state index < -0.39 is 12.1 Å². The molecule has 19 heavy (non-hydrogen) atoms. The lowest BCUT2D eigenvalue weighted by molar-refractivity contribution is -0.126. The van der Waals surface area contributed by atoms with Crippen molar-refractivity contribution in [3.8, 4) is 0 Å². The Hall–Kier alpha value is -1.95. The van der Waals surface area contributed by atoms with E-state index in [9.17, 15) is 9.59 Å². The minimum absolute atomic E-state index is 0.110. The number of carbonyl (C=O) groups excluding carboxylic acids is 2. The van der Waals surface area contributed by atoms with E-state index in [1.165, 1.54) is 19.4 Å². The normalized spacial score (nSPS) is 22.0. The number of hydrogen-bond acceptors (Lipinski definition) is 5. The van der Waals surface area contributed by atoms with E-state index in [0.717, 1.165) is 6.42 Å². The first-order valence-electron chi connectivity index (χ1n) is 6.11. The summed E-state index contributed by atoms with van der Waals surface area (Å²) in [6.45, 7) is 1.94. The predicted octanol–water partition coefficient (Wildman–Crippen LogP) is 1.37. The van der Waals surface area contributed by atoms with Crippen molar-refractivity contribution in [1.29, 1.82) is 0 Å². The molecule has 1 amide bonds. The summed E-state index contributed by atoms with van der Waals surface area (Å²) in [6, 6.07) is 3.09. The maximum absolute atomic E-state index is 11.9. The smallest absolute Gasteiger partial charge is 0.356 e. The molecule has 1 aromatic rings. The molecule has 2 unspecified atom stereocenters. The van der Waals surface area contributed by atoms with Gasteiger partial charge in [0.1, 0.15) is 11.8 Å². The van der Waals surface area contributed by atoms with Gasteiger partial charge in [0.15, 0.2) is 0 Å². The van der Waals surface area contributed by atoms with Gasteiger partial charge in [-0.1, -0.05) is 0 Å². The van der Waals surface area contributed by atoms with Crippen LogP contribution in [0.2, 0.25) is 0 Å². The molecule has 6 nitrogen and oxygen atoms in total. The molecule has 1 saturated heterocycles. The molecule has 1 aliphatic heterocycles. The molecule has 0 bridgehead atoms. The van der Waals surface area contributed by atoms with Crippen molar-refractivity contribution in [3.05, 3.63) is 24.0 Å². The molecule has 2 heterocycles. The molecular weight excluding hydrogens is 248 g/mol. The molecule has 2 rings (SSSR count). The molecule has 0 aliphatic carbocycles. The monoisotopic (exact) mass is 264 g/mol. The fraction of sp³-hybridized carbons (Fsp3) is 0.462. The van der Waals surface area contributed by atoms with Gasteiger partial charge >= 0.3 is 5.97 Å². The van der Waals surface area contributed by atoms with E-state index in [-0.39, 0.29) is 17.7 Å². The summed E-state index contributed by atoms with van der Waals surface area (Å²) in [4.78, 5) is 27.1. The third-order valence-corrected chi connectivity index (χ3v) is 2.95. The maximum atomic E-state index is 11.9. The number of pyridine rings is 1. The minimum atomic E-state index is -0.540. The average molecular weight is 264 g/mol. The second-order valence-corrected chi connectivity index (χ2v) is 4.42. The van der Waals surface area contributed by atoms with Crippen molar-refractivity contribution >= 4 is 17.6 Å². The van der Waals surface area contributed by atoms with E-state index in [0.29, 0.717) is 12.1 Å². The van der Waals surface area contributed by atoms with Crippen LogP contribution in [-0.2, 0) is 14.3 Å². The van der Waals surface area contributed by atoms with Crippen LogP contribution >= 0.6 is 0 Å². The molecule has 0 spiro atoms. The topological polar surface area (TPSA) is 77.5 Å². The number of amides is 1. The van der Waals surface area contributed by atoms with Crippen LogP contribution in [0.4, 0.5) is 5.69 Å². The van der Waals surface area contributed by atoms with E-state index in [1.54, 1.807) is 6.07 Å². The first-order chi connectivity index (χ1) is 9.10. The number of rotatable bonds is 3. The Morgan fingerprint density at radius 1 is 1.47 bits per heavy atom. The Bertz CT molecular complexity index is 489. The van der Waals surface area contributed by atoms with Crippen LogP contribution in [-0.4, -0.2) is 36.2 Å². The molecule has 1 N–H and O–H groups in total. The van der Waals surface area contributed by atoms with E-state index in [4.69, 9.17) is 4.74 Å². The predicted molar refractivity (Wildman–Crippen MR) is 67.8 cm³/mol. The molecule has 1 aromatic heterocycles. The van der Waals surface area contributed by atoms with Gasteiger partial charge in [-0.15, -0.1) is 0 Å². The molecule has 2 atom stereocenters.